The third-order valence-electron chi connectivity index (χ3n) is 4.89. The molecule has 3 unspecified atom stereocenters. The monoisotopic (exact) mass is 396 g/mol. The minimum atomic E-state index is 0.143. The molecule has 2 aromatic rings. The van der Waals surface area contributed by atoms with Crippen LogP contribution in [0.4, 0.5) is 0 Å². The predicted octanol–water partition coefficient (Wildman–Crippen LogP) is 5.23. The van der Waals surface area contributed by atoms with Crippen LogP contribution in [0.2, 0.25) is 0 Å². The first-order valence-electron chi connectivity index (χ1n) is 9.19. The molecule has 0 aliphatic carbocycles. The van der Waals surface area contributed by atoms with Crippen molar-refractivity contribution in [1.82, 2.24) is 10.6 Å². The van der Waals surface area contributed by atoms with Crippen LogP contribution in [0, 0.1) is 6.92 Å². The van der Waals surface area contributed by atoms with Gasteiger partial charge in [0.05, 0.1) is 24.3 Å². The van der Waals surface area contributed by atoms with E-state index in [9.17, 15) is 0 Å². The summed E-state index contributed by atoms with van der Waals surface area (Å²) in [5.41, 5.74) is 2.61. The zero-order valence-corrected chi connectivity index (χ0v) is 17.4. The van der Waals surface area contributed by atoms with Crippen molar-refractivity contribution in [2.24, 2.45) is 9.98 Å². The fourth-order valence-electron chi connectivity index (χ4n) is 3.42. The number of hydrogen-bond acceptors (Lipinski definition) is 6. The SMILES string of the molecule is CC1=NC(c2cc(CC(C)c3cc(C4C=CNC=N4)cs3)sc2C)C=CN1. The molecule has 3 atom stereocenters. The maximum Gasteiger partial charge on any atom is 0.0982 e. The van der Waals surface area contributed by atoms with Crippen molar-refractivity contribution >= 4 is 34.8 Å². The Morgan fingerprint density at radius 2 is 2.00 bits per heavy atom. The van der Waals surface area contributed by atoms with Gasteiger partial charge in [-0.05, 0) is 67.0 Å². The van der Waals surface area contributed by atoms with E-state index in [0.717, 1.165) is 12.3 Å². The third-order valence-corrected chi connectivity index (χ3v) is 7.16. The van der Waals surface area contributed by atoms with E-state index in [1.165, 1.54) is 25.8 Å². The minimum Gasteiger partial charge on any atom is -0.353 e. The second-order valence-electron chi connectivity index (χ2n) is 7.02. The van der Waals surface area contributed by atoms with E-state index in [2.05, 4.69) is 59.1 Å². The van der Waals surface area contributed by atoms with Crippen LogP contribution >= 0.6 is 22.7 Å². The van der Waals surface area contributed by atoms with Gasteiger partial charge in [-0.1, -0.05) is 6.92 Å². The van der Waals surface area contributed by atoms with Crippen LogP contribution in [0.25, 0.3) is 0 Å². The van der Waals surface area contributed by atoms with Gasteiger partial charge in [-0.2, -0.15) is 0 Å². The van der Waals surface area contributed by atoms with Gasteiger partial charge in [-0.15, -0.1) is 22.7 Å². The van der Waals surface area contributed by atoms with Crippen LogP contribution in [0.3, 0.4) is 0 Å². The maximum atomic E-state index is 4.72. The van der Waals surface area contributed by atoms with Crippen molar-refractivity contribution in [3.63, 3.8) is 0 Å². The zero-order chi connectivity index (χ0) is 18.8. The average molecular weight is 397 g/mol. The van der Waals surface area contributed by atoms with Crippen LogP contribution in [0.5, 0.6) is 0 Å². The van der Waals surface area contributed by atoms with Crippen molar-refractivity contribution in [2.45, 2.75) is 45.2 Å². The van der Waals surface area contributed by atoms with Crippen molar-refractivity contribution < 1.29 is 0 Å². The highest BCUT2D eigenvalue weighted by Gasteiger charge is 2.19. The summed E-state index contributed by atoms with van der Waals surface area (Å²) in [5, 5.41) is 8.39. The van der Waals surface area contributed by atoms with Gasteiger partial charge < -0.3 is 10.6 Å². The summed E-state index contributed by atoms with van der Waals surface area (Å²) in [7, 11) is 0. The van der Waals surface area contributed by atoms with E-state index in [1.54, 1.807) is 6.34 Å². The molecule has 0 fully saturated rings. The van der Waals surface area contributed by atoms with Crippen LogP contribution in [-0.2, 0) is 6.42 Å². The fraction of sp³-hybridized carbons (Fsp3) is 0.333. The number of aliphatic imine (C=N–C) groups is 2. The quantitative estimate of drug-likeness (QED) is 0.727. The zero-order valence-electron chi connectivity index (χ0n) is 15.8. The minimum absolute atomic E-state index is 0.143. The Balaban J connectivity index is 1.47. The van der Waals surface area contributed by atoms with Gasteiger partial charge in [0.15, 0.2) is 0 Å². The first-order chi connectivity index (χ1) is 13.1. The summed E-state index contributed by atoms with van der Waals surface area (Å²) in [4.78, 5) is 13.4. The van der Waals surface area contributed by atoms with E-state index in [1.807, 2.05) is 42.0 Å². The molecule has 0 saturated carbocycles. The molecule has 2 aliphatic heterocycles. The van der Waals surface area contributed by atoms with E-state index in [-0.39, 0.29) is 12.1 Å². The number of hydrogen-bond donors (Lipinski definition) is 2. The molecule has 2 aliphatic rings. The molecule has 6 heteroatoms. The molecule has 4 nitrogen and oxygen atoms in total. The Labute approximate surface area is 168 Å². The standard InChI is InChI=1S/C21H24N4S2/c1-13(21-9-16(11-26-21)19-4-6-22-12-24-19)8-17-10-18(14(2)27-17)20-5-7-23-15(3)25-20/h4-7,9-13,19-20H,8H2,1-3H3,(H,22,24)(H,23,25). The summed E-state index contributed by atoms with van der Waals surface area (Å²) >= 11 is 3.75. The number of amidine groups is 1. The molecule has 0 amide bonds. The molecular formula is C21H24N4S2. The summed E-state index contributed by atoms with van der Waals surface area (Å²) in [5.74, 6) is 1.47. The van der Waals surface area contributed by atoms with Gasteiger partial charge in [0.2, 0.25) is 0 Å². The van der Waals surface area contributed by atoms with E-state index in [4.69, 9.17) is 4.99 Å². The van der Waals surface area contributed by atoms with Gasteiger partial charge in [0.25, 0.3) is 0 Å². The highest BCUT2D eigenvalue weighted by Crippen LogP contribution is 2.36. The Morgan fingerprint density at radius 3 is 2.78 bits per heavy atom. The number of thiophene rings is 2. The largest absolute Gasteiger partial charge is 0.353 e. The van der Waals surface area contributed by atoms with Crippen LogP contribution in [-0.4, -0.2) is 12.2 Å². The van der Waals surface area contributed by atoms with Crippen LogP contribution in [0.1, 0.15) is 57.6 Å². The molecule has 27 heavy (non-hydrogen) atoms. The topological polar surface area (TPSA) is 48.8 Å². The number of nitrogens with zero attached hydrogens (tertiary/aromatic N) is 2. The normalized spacial score (nSPS) is 22.3. The van der Waals surface area contributed by atoms with Gasteiger partial charge in [-0.3, -0.25) is 9.98 Å². The lowest BCUT2D eigenvalue weighted by molar-refractivity contribution is 0.780. The lowest BCUT2D eigenvalue weighted by atomic mass is 10.0. The number of rotatable bonds is 5. The fourth-order valence-corrected chi connectivity index (χ4v) is 5.63. The second kappa shape index (κ2) is 7.82. The molecule has 0 spiro atoms. The van der Waals surface area contributed by atoms with Crippen molar-refractivity contribution in [3.05, 3.63) is 67.8 Å². The second-order valence-corrected chi connectivity index (χ2v) is 9.31. The lowest BCUT2D eigenvalue weighted by Gasteiger charge is -2.14. The highest BCUT2D eigenvalue weighted by molar-refractivity contribution is 7.12. The number of aryl methyl sites for hydroxylation is 1. The molecule has 0 saturated heterocycles. The van der Waals surface area contributed by atoms with Crippen molar-refractivity contribution in [3.8, 4) is 0 Å². The maximum absolute atomic E-state index is 4.72. The molecule has 2 aromatic heterocycles. The third kappa shape index (κ3) is 4.06. The molecule has 4 heterocycles. The summed E-state index contributed by atoms with van der Waals surface area (Å²) in [6, 6.07) is 4.95. The molecular weight excluding hydrogens is 372 g/mol. The Hall–Kier alpha value is -2.18. The van der Waals surface area contributed by atoms with Crippen LogP contribution in [0.15, 0.2) is 52.0 Å². The first kappa shape index (κ1) is 18.2. The summed E-state index contributed by atoms with van der Waals surface area (Å²) in [6.45, 7) is 6.54. The molecule has 0 aromatic carbocycles. The molecule has 2 N–H and O–H groups in total. The Morgan fingerprint density at radius 1 is 1.15 bits per heavy atom. The van der Waals surface area contributed by atoms with Crippen molar-refractivity contribution in [2.75, 3.05) is 0 Å². The van der Waals surface area contributed by atoms with Gasteiger partial charge in [0.1, 0.15) is 0 Å². The van der Waals surface area contributed by atoms with Crippen molar-refractivity contribution in [1.29, 1.82) is 0 Å². The molecule has 4 rings (SSSR count). The average Bonchev–Trinajstić information content (AvgIpc) is 3.29. The van der Waals surface area contributed by atoms with E-state index in [0.29, 0.717) is 5.92 Å². The lowest BCUT2D eigenvalue weighted by Crippen LogP contribution is -2.18. The van der Waals surface area contributed by atoms with Gasteiger partial charge >= 0.3 is 0 Å². The van der Waals surface area contributed by atoms with E-state index >= 15 is 0 Å². The first-order valence-corrected chi connectivity index (χ1v) is 10.9. The Kier molecular flexibility index (Phi) is 5.27. The number of nitrogens with one attached hydrogen (secondary N) is 2. The van der Waals surface area contributed by atoms with Gasteiger partial charge in [-0.25, -0.2) is 0 Å². The van der Waals surface area contributed by atoms with Crippen LogP contribution < -0.4 is 10.6 Å². The Bertz CT molecular complexity index is 920. The summed E-state index contributed by atoms with van der Waals surface area (Å²) < 4.78 is 0. The summed E-state index contributed by atoms with van der Waals surface area (Å²) in [6.07, 6.45) is 11.0. The smallest absolute Gasteiger partial charge is 0.0982 e. The van der Waals surface area contributed by atoms with Gasteiger partial charge in [0, 0.05) is 27.0 Å². The molecule has 0 bridgehead atoms. The molecule has 0 radical (unpaired) electrons. The highest BCUT2D eigenvalue weighted by atomic mass is 32.1. The predicted molar refractivity (Wildman–Crippen MR) is 117 cm³/mol. The van der Waals surface area contributed by atoms with E-state index < -0.39 is 0 Å². The molecule has 140 valence electrons.